The molecule has 2 aromatic carbocycles. The van der Waals surface area contributed by atoms with Gasteiger partial charge < -0.3 is 0 Å². The van der Waals surface area contributed by atoms with Crippen LogP contribution >= 0.6 is 23.4 Å². The molecule has 0 atom stereocenters. The molecule has 0 spiro atoms. The molecule has 0 N–H and O–H groups in total. The Kier molecular flexibility index (Phi) is 6.26. The predicted octanol–water partition coefficient (Wildman–Crippen LogP) is 6.51. The SMILES string of the molecule is C=CCn1c(SCc2c(F)cccc2Cl)nnc1-c1ccc(C(C)(C)C)cc1. The van der Waals surface area contributed by atoms with Crippen molar-refractivity contribution in [3.8, 4) is 11.4 Å². The summed E-state index contributed by atoms with van der Waals surface area (Å²) >= 11 is 7.55. The second-order valence-corrected chi connectivity index (χ2v) is 8.87. The molecule has 0 amide bonds. The minimum absolute atomic E-state index is 0.0906. The van der Waals surface area contributed by atoms with E-state index in [9.17, 15) is 4.39 Å². The molecule has 0 aliphatic heterocycles. The van der Waals surface area contributed by atoms with Gasteiger partial charge in [0.1, 0.15) is 5.82 Å². The topological polar surface area (TPSA) is 30.7 Å². The third kappa shape index (κ3) is 4.47. The summed E-state index contributed by atoms with van der Waals surface area (Å²) < 4.78 is 16.0. The van der Waals surface area contributed by atoms with E-state index >= 15 is 0 Å². The summed E-state index contributed by atoms with van der Waals surface area (Å²) in [6.45, 7) is 11.0. The summed E-state index contributed by atoms with van der Waals surface area (Å²) in [5.74, 6) is 0.833. The normalized spacial score (nSPS) is 11.6. The molecule has 6 heteroatoms. The average Bonchev–Trinajstić information content (AvgIpc) is 3.04. The van der Waals surface area contributed by atoms with E-state index in [1.807, 2.05) is 4.57 Å². The number of thioether (sulfide) groups is 1. The highest BCUT2D eigenvalue weighted by atomic mass is 35.5. The standard InChI is InChI=1S/C22H23ClFN3S/c1-5-13-27-20(15-9-11-16(12-10-15)22(2,3)4)25-26-21(27)28-14-17-18(23)7-6-8-19(17)24/h5-12H,1,13-14H2,2-4H3. The van der Waals surface area contributed by atoms with Crippen molar-refractivity contribution in [1.82, 2.24) is 14.8 Å². The molecule has 146 valence electrons. The molecule has 0 saturated carbocycles. The fraction of sp³-hybridized carbons (Fsp3) is 0.273. The molecule has 3 rings (SSSR count). The van der Waals surface area contributed by atoms with E-state index in [-0.39, 0.29) is 11.2 Å². The van der Waals surface area contributed by atoms with Crippen LogP contribution in [0.5, 0.6) is 0 Å². The lowest BCUT2D eigenvalue weighted by Gasteiger charge is -2.19. The van der Waals surface area contributed by atoms with Gasteiger partial charge in [-0.1, -0.05) is 80.5 Å². The van der Waals surface area contributed by atoms with Gasteiger partial charge in [0.15, 0.2) is 11.0 Å². The molecule has 0 radical (unpaired) electrons. The Hall–Kier alpha value is -2.11. The zero-order valence-corrected chi connectivity index (χ0v) is 17.8. The monoisotopic (exact) mass is 415 g/mol. The Morgan fingerprint density at radius 3 is 2.46 bits per heavy atom. The molecular formula is C22H23ClFN3S. The Bertz CT molecular complexity index is 954. The fourth-order valence-electron chi connectivity index (χ4n) is 2.83. The van der Waals surface area contributed by atoms with Crippen LogP contribution in [0.4, 0.5) is 4.39 Å². The van der Waals surface area contributed by atoms with Crippen LogP contribution < -0.4 is 0 Å². The molecule has 0 aliphatic carbocycles. The Labute approximate surface area is 174 Å². The van der Waals surface area contributed by atoms with Gasteiger partial charge in [-0.15, -0.1) is 16.8 Å². The minimum Gasteiger partial charge on any atom is -0.298 e. The predicted molar refractivity (Wildman–Crippen MR) is 115 cm³/mol. The number of rotatable bonds is 6. The van der Waals surface area contributed by atoms with Crippen LogP contribution in [0.25, 0.3) is 11.4 Å². The van der Waals surface area contributed by atoms with Crippen molar-refractivity contribution in [2.75, 3.05) is 0 Å². The largest absolute Gasteiger partial charge is 0.298 e. The highest BCUT2D eigenvalue weighted by Gasteiger charge is 2.17. The van der Waals surface area contributed by atoms with Crippen LogP contribution in [0.2, 0.25) is 5.02 Å². The number of hydrogen-bond acceptors (Lipinski definition) is 3. The Balaban J connectivity index is 1.88. The van der Waals surface area contributed by atoms with Gasteiger partial charge in [0.2, 0.25) is 0 Å². The molecule has 0 unspecified atom stereocenters. The zero-order valence-electron chi connectivity index (χ0n) is 16.2. The van der Waals surface area contributed by atoms with Crippen molar-refractivity contribution in [1.29, 1.82) is 0 Å². The minimum atomic E-state index is -0.312. The summed E-state index contributed by atoms with van der Waals surface area (Å²) in [5.41, 5.74) is 2.80. The summed E-state index contributed by atoms with van der Waals surface area (Å²) in [5, 5.41) is 9.81. The van der Waals surface area contributed by atoms with Crippen LogP contribution in [0.3, 0.4) is 0 Å². The van der Waals surface area contributed by atoms with Gasteiger partial charge in [0.05, 0.1) is 0 Å². The molecule has 1 aromatic heterocycles. The smallest absolute Gasteiger partial charge is 0.192 e. The molecule has 0 fully saturated rings. The van der Waals surface area contributed by atoms with Gasteiger partial charge in [0.25, 0.3) is 0 Å². The average molecular weight is 416 g/mol. The van der Waals surface area contributed by atoms with Crippen LogP contribution in [0.15, 0.2) is 60.3 Å². The maximum atomic E-state index is 14.0. The maximum absolute atomic E-state index is 14.0. The Morgan fingerprint density at radius 2 is 1.86 bits per heavy atom. The van der Waals surface area contributed by atoms with Crippen molar-refractivity contribution in [3.05, 3.63) is 77.1 Å². The first-order chi connectivity index (χ1) is 13.3. The van der Waals surface area contributed by atoms with Crippen molar-refractivity contribution in [2.45, 2.75) is 43.6 Å². The molecule has 3 nitrogen and oxygen atoms in total. The number of benzene rings is 2. The molecule has 0 bridgehead atoms. The van der Waals surface area contributed by atoms with E-state index in [0.717, 1.165) is 11.4 Å². The first-order valence-electron chi connectivity index (χ1n) is 9.02. The first-order valence-corrected chi connectivity index (χ1v) is 10.4. The lowest BCUT2D eigenvalue weighted by atomic mass is 9.87. The number of allylic oxidation sites excluding steroid dienone is 1. The lowest BCUT2D eigenvalue weighted by Crippen LogP contribution is -2.10. The van der Waals surface area contributed by atoms with Crippen LogP contribution in [-0.2, 0) is 17.7 Å². The van der Waals surface area contributed by atoms with Gasteiger partial charge in [-0.25, -0.2) is 4.39 Å². The summed E-state index contributed by atoms with van der Waals surface area (Å²) in [4.78, 5) is 0. The van der Waals surface area contributed by atoms with E-state index in [1.54, 1.807) is 18.2 Å². The van der Waals surface area contributed by atoms with Crippen LogP contribution in [0, 0.1) is 5.82 Å². The van der Waals surface area contributed by atoms with E-state index in [4.69, 9.17) is 11.6 Å². The van der Waals surface area contributed by atoms with Gasteiger partial charge in [-0.2, -0.15) is 0 Å². The number of aromatic nitrogens is 3. The van der Waals surface area contributed by atoms with Crippen molar-refractivity contribution in [3.63, 3.8) is 0 Å². The summed E-state index contributed by atoms with van der Waals surface area (Å²) in [6.07, 6.45) is 1.80. The molecule has 1 heterocycles. The molecule has 0 saturated heterocycles. The molecule has 28 heavy (non-hydrogen) atoms. The third-order valence-corrected chi connectivity index (χ3v) is 5.79. The quantitative estimate of drug-likeness (QED) is 0.339. The highest BCUT2D eigenvalue weighted by molar-refractivity contribution is 7.98. The van der Waals surface area contributed by atoms with Gasteiger partial charge in [-0.3, -0.25) is 4.57 Å². The lowest BCUT2D eigenvalue weighted by molar-refractivity contribution is 0.590. The Morgan fingerprint density at radius 1 is 1.14 bits per heavy atom. The highest BCUT2D eigenvalue weighted by Crippen LogP contribution is 2.31. The third-order valence-electron chi connectivity index (χ3n) is 4.44. The van der Waals surface area contributed by atoms with Crippen LogP contribution in [0.1, 0.15) is 31.9 Å². The van der Waals surface area contributed by atoms with Crippen LogP contribution in [-0.4, -0.2) is 14.8 Å². The summed E-state index contributed by atoms with van der Waals surface area (Å²) in [6, 6.07) is 13.1. The fourth-order valence-corrected chi connectivity index (χ4v) is 4.12. The maximum Gasteiger partial charge on any atom is 0.192 e. The van der Waals surface area contributed by atoms with E-state index in [1.165, 1.54) is 23.4 Å². The zero-order chi connectivity index (χ0) is 20.3. The second kappa shape index (κ2) is 8.50. The van der Waals surface area contributed by atoms with Gasteiger partial charge in [-0.05, 0) is 23.1 Å². The number of hydrogen-bond donors (Lipinski definition) is 0. The van der Waals surface area contributed by atoms with E-state index in [0.29, 0.717) is 28.0 Å². The molecule has 3 aromatic rings. The number of halogens is 2. The van der Waals surface area contributed by atoms with Crippen molar-refractivity contribution >= 4 is 23.4 Å². The van der Waals surface area contributed by atoms with E-state index in [2.05, 4.69) is 61.8 Å². The second-order valence-electron chi connectivity index (χ2n) is 7.52. The van der Waals surface area contributed by atoms with Crippen molar-refractivity contribution < 1.29 is 4.39 Å². The van der Waals surface area contributed by atoms with Gasteiger partial charge >= 0.3 is 0 Å². The van der Waals surface area contributed by atoms with E-state index < -0.39 is 0 Å². The molecular weight excluding hydrogens is 393 g/mol. The molecule has 0 aliphatic rings. The van der Waals surface area contributed by atoms with Gasteiger partial charge in [0, 0.05) is 28.4 Å². The van der Waals surface area contributed by atoms with Crippen molar-refractivity contribution in [2.24, 2.45) is 0 Å². The summed E-state index contributed by atoms with van der Waals surface area (Å²) in [7, 11) is 0. The number of nitrogens with zero attached hydrogens (tertiary/aromatic N) is 3. The first kappa shape index (κ1) is 20.6.